The van der Waals surface area contributed by atoms with Gasteiger partial charge in [-0.25, -0.2) is 18.2 Å². The van der Waals surface area contributed by atoms with Crippen LogP contribution in [-0.2, 0) is 0 Å². The summed E-state index contributed by atoms with van der Waals surface area (Å²) in [4.78, 5) is 32.3. The van der Waals surface area contributed by atoms with Gasteiger partial charge >= 0.3 is 6.18 Å². The van der Waals surface area contributed by atoms with E-state index in [-0.39, 0.29) is 42.2 Å². The van der Waals surface area contributed by atoms with Crippen molar-refractivity contribution < 1.29 is 36.2 Å². The first-order valence-corrected chi connectivity index (χ1v) is 11.9. The zero-order valence-corrected chi connectivity index (χ0v) is 19.5. The highest BCUT2D eigenvalue weighted by atomic mass is 19.4. The SMILES string of the molecule is O=C(N[C@H](C1CC1)C(F)(F)F)c1cn(-c2c(F)cc(F)cc2F)c2nc(N3CC4CC4(O)C3)ccc2c1=O. The molecule has 2 saturated carbocycles. The Hall–Kier alpha value is -3.61. The molecule has 3 heterocycles. The number of carbonyl (C=O) groups is 1. The number of hydrogen-bond donors (Lipinski definition) is 2. The maximum absolute atomic E-state index is 14.8. The molecule has 1 amide bonds. The van der Waals surface area contributed by atoms with Gasteiger partial charge in [0.05, 0.1) is 11.0 Å². The third-order valence-electron chi connectivity index (χ3n) is 7.47. The van der Waals surface area contributed by atoms with Gasteiger partial charge in [0, 0.05) is 37.3 Å². The number of piperidine rings is 1. The van der Waals surface area contributed by atoms with Gasteiger partial charge in [0.1, 0.15) is 28.9 Å². The lowest BCUT2D eigenvalue weighted by molar-refractivity contribution is -0.158. The van der Waals surface area contributed by atoms with Crippen molar-refractivity contribution >= 4 is 22.8 Å². The summed E-state index contributed by atoms with van der Waals surface area (Å²) in [6, 6.07) is 1.27. The molecular formula is C25H20F6N4O3. The molecule has 2 aromatic heterocycles. The number of alkyl halides is 3. The molecule has 1 aliphatic heterocycles. The highest BCUT2D eigenvalue weighted by molar-refractivity contribution is 5.97. The van der Waals surface area contributed by atoms with Crippen LogP contribution in [0.3, 0.4) is 0 Å². The van der Waals surface area contributed by atoms with E-state index >= 15 is 0 Å². The topological polar surface area (TPSA) is 87.5 Å². The Balaban J connectivity index is 1.50. The number of hydrogen-bond acceptors (Lipinski definition) is 5. The number of aromatic nitrogens is 2. The van der Waals surface area contributed by atoms with Gasteiger partial charge in [-0.2, -0.15) is 13.2 Å². The number of benzene rings is 1. The number of halogens is 6. The maximum atomic E-state index is 14.8. The summed E-state index contributed by atoms with van der Waals surface area (Å²) in [5, 5.41) is 11.9. The number of β-amino-alcohol motifs (C(OH)–C–C–N with tert-alkyl or cyclic N) is 1. The first-order chi connectivity index (χ1) is 17.9. The van der Waals surface area contributed by atoms with Crippen molar-refractivity contribution in [2.24, 2.45) is 11.8 Å². The molecule has 3 aromatic rings. The number of amides is 1. The summed E-state index contributed by atoms with van der Waals surface area (Å²) in [5.74, 6) is -5.87. The van der Waals surface area contributed by atoms with Crippen molar-refractivity contribution in [3.8, 4) is 5.69 Å². The lowest BCUT2D eigenvalue weighted by Crippen LogP contribution is -2.48. The number of fused-ring (bicyclic) bond motifs is 2. The molecule has 7 nitrogen and oxygen atoms in total. The fourth-order valence-electron chi connectivity index (χ4n) is 5.21. The number of nitrogens with zero attached hydrogens (tertiary/aromatic N) is 3. The number of rotatable bonds is 5. The number of aliphatic hydroxyl groups is 1. The van der Waals surface area contributed by atoms with E-state index in [0.717, 1.165) is 4.57 Å². The number of nitrogens with one attached hydrogen (secondary N) is 1. The van der Waals surface area contributed by atoms with E-state index in [1.165, 1.54) is 12.1 Å². The van der Waals surface area contributed by atoms with Gasteiger partial charge in [-0.1, -0.05) is 0 Å². The van der Waals surface area contributed by atoms with Gasteiger partial charge in [0.15, 0.2) is 17.3 Å². The minimum atomic E-state index is -4.77. The standard InChI is InChI=1S/C25H20F6N4O3/c26-13-5-16(27)19(17(28)6-13)35-9-15(23(37)33-21(11-1-2-11)25(29,30)31)20(36)14-3-4-18(32-22(14)35)34-8-12-7-24(12,38)10-34/h3-6,9,11-12,21,38H,1-2,7-8,10H2,(H,33,37)/t12?,21-,24?/m1/s1. The van der Waals surface area contributed by atoms with Gasteiger partial charge in [-0.15, -0.1) is 0 Å². The minimum absolute atomic E-state index is 0.0355. The molecule has 0 spiro atoms. The van der Waals surface area contributed by atoms with E-state index in [1.807, 2.05) is 5.32 Å². The molecule has 2 N–H and O–H groups in total. The normalized spacial score (nSPS) is 23.4. The van der Waals surface area contributed by atoms with Crippen molar-refractivity contribution in [3.63, 3.8) is 0 Å². The van der Waals surface area contributed by atoms with E-state index in [9.17, 15) is 41.0 Å². The van der Waals surface area contributed by atoms with Crippen LogP contribution in [0.2, 0.25) is 0 Å². The van der Waals surface area contributed by atoms with Gasteiger partial charge in [-0.3, -0.25) is 14.2 Å². The Kier molecular flexibility index (Phi) is 5.33. The molecule has 2 unspecified atom stereocenters. The largest absolute Gasteiger partial charge is 0.408 e. The first-order valence-electron chi connectivity index (χ1n) is 11.9. The highest BCUT2D eigenvalue weighted by Gasteiger charge is 2.59. The Bertz CT molecular complexity index is 1530. The van der Waals surface area contributed by atoms with Crippen LogP contribution in [0.25, 0.3) is 16.7 Å². The molecule has 200 valence electrons. The quantitative estimate of drug-likeness (QED) is 0.487. The predicted octanol–water partition coefficient (Wildman–Crippen LogP) is 3.44. The van der Waals surface area contributed by atoms with Crippen molar-refractivity contribution in [1.82, 2.24) is 14.9 Å². The van der Waals surface area contributed by atoms with Crippen LogP contribution in [0.5, 0.6) is 0 Å². The molecule has 13 heteroatoms. The minimum Gasteiger partial charge on any atom is -0.388 e. The van der Waals surface area contributed by atoms with E-state index in [0.29, 0.717) is 31.3 Å². The summed E-state index contributed by atoms with van der Waals surface area (Å²) in [5.41, 5.74) is -3.80. The molecule has 1 saturated heterocycles. The molecular weight excluding hydrogens is 518 g/mol. The van der Waals surface area contributed by atoms with Crippen LogP contribution in [0, 0.1) is 29.3 Å². The first kappa shape index (κ1) is 24.7. The molecule has 6 rings (SSSR count). The number of carbonyl (C=O) groups excluding carboxylic acids is 1. The van der Waals surface area contributed by atoms with Gasteiger partial charge < -0.3 is 15.3 Å². The second-order valence-corrected chi connectivity index (χ2v) is 10.2. The molecule has 0 bridgehead atoms. The summed E-state index contributed by atoms with van der Waals surface area (Å²) in [6.45, 7) is 0.707. The van der Waals surface area contributed by atoms with E-state index < -0.39 is 63.8 Å². The zero-order chi connectivity index (χ0) is 27.1. The Labute approximate surface area is 210 Å². The number of anilines is 1. The van der Waals surface area contributed by atoms with Crippen molar-refractivity contribution in [3.05, 3.63) is 63.7 Å². The van der Waals surface area contributed by atoms with E-state index in [4.69, 9.17) is 0 Å². The Morgan fingerprint density at radius 1 is 1.16 bits per heavy atom. The Morgan fingerprint density at radius 2 is 1.84 bits per heavy atom. The van der Waals surface area contributed by atoms with Crippen LogP contribution in [0.4, 0.5) is 32.2 Å². The predicted molar refractivity (Wildman–Crippen MR) is 123 cm³/mol. The summed E-state index contributed by atoms with van der Waals surface area (Å²) >= 11 is 0. The zero-order valence-electron chi connectivity index (χ0n) is 19.5. The monoisotopic (exact) mass is 538 g/mol. The maximum Gasteiger partial charge on any atom is 0.408 e. The van der Waals surface area contributed by atoms with Crippen LogP contribution >= 0.6 is 0 Å². The molecule has 1 aromatic carbocycles. The molecule has 0 radical (unpaired) electrons. The highest BCUT2D eigenvalue weighted by Crippen LogP contribution is 2.50. The van der Waals surface area contributed by atoms with Gasteiger partial charge in [0.2, 0.25) is 5.43 Å². The van der Waals surface area contributed by atoms with Crippen molar-refractivity contribution in [1.29, 1.82) is 0 Å². The van der Waals surface area contributed by atoms with Crippen molar-refractivity contribution in [2.45, 2.75) is 37.1 Å². The third-order valence-corrected chi connectivity index (χ3v) is 7.47. The van der Waals surface area contributed by atoms with Crippen LogP contribution in [0.1, 0.15) is 29.6 Å². The fraction of sp³-hybridized carbons (Fsp3) is 0.400. The smallest absolute Gasteiger partial charge is 0.388 e. The van der Waals surface area contributed by atoms with Crippen LogP contribution in [0.15, 0.2) is 35.3 Å². The van der Waals surface area contributed by atoms with E-state index in [2.05, 4.69) is 4.98 Å². The second kappa shape index (κ2) is 8.19. The molecule has 3 fully saturated rings. The molecule has 3 atom stereocenters. The van der Waals surface area contributed by atoms with Gasteiger partial charge in [-0.05, 0) is 37.3 Å². The second-order valence-electron chi connectivity index (χ2n) is 10.2. The third kappa shape index (κ3) is 4.08. The fourth-order valence-corrected chi connectivity index (χ4v) is 5.21. The summed E-state index contributed by atoms with van der Waals surface area (Å²) < 4.78 is 84.6. The van der Waals surface area contributed by atoms with Crippen molar-refractivity contribution in [2.75, 3.05) is 18.0 Å². The summed E-state index contributed by atoms with van der Waals surface area (Å²) in [6.07, 6.45) is -2.93. The number of pyridine rings is 2. The lowest BCUT2D eigenvalue weighted by Gasteiger charge is -2.23. The Morgan fingerprint density at radius 3 is 2.42 bits per heavy atom. The molecule has 2 aliphatic carbocycles. The van der Waals surface area contributed by atoms with Crippen LogP contribution < -0.4 is 15.6 Å². The van der Waals surface area contributed by atoms with Crippen LogP contribution in [-0.4, -0.2) is 51.5 Å². The molecule has 3 aliphatic rings. The van der Waals surface area contributed by atoms with Gasteiger partial charge in [0.25, 0.3) is 5.91 Å². The summed E-state index contributed by atoms with van der Waals surface area (Å²) in [7, 11) is 0. The van der Waals surface area contributed by atoms with E-state index in [1.54, 1.807) is 4.90 Å². The average Bonchev–Trinajstić information content (AvgIpc) is 3.74. The lowest BCUT2D eigenvalue weighted by atomic mass is 10.1. The molecule has 38 heavy (non-hydrogen) atoms. The average molecular weight is 538 g/mol.